The third-order valence-corrected chi connectivity index (χ3v) is 3.85. The molecule has 0 saturated heterocycles. The smallest absolute Gasteiger partial charge is 0.335 e. The molecule has 0 radical (unpaired) electrons. The van der Waals surface area contributed by atoms with Gasteiger partial charge in [0.1, 0.15) is 12.4 Å². The van der Waals surface area contributed by atoms with Crippen LogP contribution in [0.5, 0.6) is 5.75 Å². The van der Waals surface area contributed by atoms with E-state index in [0.717, 1.165) is 19.4 Å². The minimum absolute atomic E-state index is 0.262. The number of ether oxygens (including phenoxy) is 2. The number of benzene rings is 1. The standard InChI is InChI=1S/C17H22O4/c1-13-4-2-3-5-15(13)12-20-10-11-21-16-8-6-14(7-9-16)17(18)19/h2-3,6-9,13,15H,4-5,10-12H2,1H3,(H,18,19). The summed E-state index contributed by atoms with van der Waals surface area (Å²) < 4.78 is 11.2. The van der Waals surface area contributed by atoms with Gasteiger partial charge in [-0.25, -0.2) is 4.79 Å². The van der Waals surface area contributed by atoms with E-state index in [-0.39, 0.29) is 5.56 Å². The molecule has 0 spiro atoms. The van der Waals surface area contributed by atoms with Gasteiger partial charge >= 0.3 is 5.97 Å². The molecule has 21 heavy (non-hydrogen) atoms. The van der Waals surface area contributed by atoms with Crippen LogP contribution in [0.15, 0.2) is 36.4 Å². The van der Waals surface area contributed by atoms with Gasteiger partial charge in [-0.1, -0.05) is 19.1 Å². The van der Waals surface area contributed by atoms with Crippen LogP contribution in [-0.4, -0.2) is 30.9 Å². The summed E-state index contributed by atoms with van der Waals surface area (Å²) >= 11 is 0. The Morgan fingerprint density at radius 2 is 1.90 bits per heavy atom. The maximum Gasteiger partial charge on any atom is 0.335 e. The second-order valence-corrected chi connectivity index (χ2v) is 5.43. The highest BCUT2D eigenvalue weighted by molar-refractivity contribution is 5.87. The van der Waals surface area contributed by atoms with Gasteiger partial charge in [0.15, 0.2) is 0 Å². The fourth-order valence-corrected chi connectivity index (χ4v) is 2.39. The predicted molar refractivity (Wildman–Crippen MR) is 80.7 cm³/mol. The molecule has 1 N–H and O–H groups in total. The molecule has 0 fully saturated rings. The Morgan fingerprint density at radius 1 is 1.19 bits per heavy atom. The first-order valence-electron chi connectivity index (χ1n) is 7.35. The van der Waals surface area contributed by atoms with Gasteiger partial charge in [0.2, 0.25) is 0 Å². The fourth-order valence-electron chi connectivity index (χ4n) is 2.39. The lowest BCUT2D eigenvalue weighted by Gasteiger charge is -2.24. The van der Waals surface area contributed by atoms with Crippen LogP contribution in [0, 0.1) is 11.8 Å². The van der Waals surface area contributed by atoms with Crippen LogP contribution in [0.25, 0.3) is 0 Å². The van der Waals surface area contributed by atoms with E-state index < -0.39 is 5.97 Å². The first kappa shape index (κ1) is 15.6. The molecule has 2 rings (SSSR count). The van der Waals surface area contributed by atoms with Crippen molar-refractivity contribution in [3.63, 3.8) is 0 Å². The van der Waals surface area contributed by atoms with E-state index in [4.69, 9.17) is 14.6 Å². The molecule has 0 aliphatic heterocycles. The summed E-state index contributed by atoms with van der Waals surface area (Å²) in [5.74, 6) is 1.02. The van der Waals surface area contributed by atoms with Crippen LogP contribution in [-0.2, 0) is 4.74 Å². The molecule has 0 amide bonds. The van der Waals surface area contributed by atoms with E-state index in [2.05, 4.69) is 19.1 Å². The molecule has 1 aliphatic rings. The first-order chi connectivity index (χ1) is 10.2. The average molecular weight is 290 g/mol. The fraction of sp³-hybridized carbons (Fsp3) is 0.471. The van der Waals surface area contributed by atoms with Gasteiger partial charge in [0, 0.05) is 0 Å². The molecule has 1 aromatic carbocycles. The van der Waals surface area contributed by atoms with Crippen LogP contribution >= 0.6 is 0 Å². The normalized spacial score (nSPS) is 21.2. The zero-order chi connectivity index (χ0) is 15.1. The van der Waals surface area contributed by atoms with E-state index in [9.17, 15) is 4.79 Å². The Balaban J connectivity index is 1.63. The van der Waals surface area contributed by atoms with Crippen molar-refractivity contribution in [1.82, 2.24) is 0 Å². The van der Waals surface area contributed by atoms with E-state index in [1.165, 1.54) is 12.1 Å². The third-order valence-electron chi connectivity index (χ3n) is 3.85. The summed E-state index contributed by atoms with van der Waals surface area (Å²) in [4.78, 5) is 10.7. The van der Waals surface area contributed by atoms with Crippen molar-refractivity contribution in [2.75, 3.05) is 19.8 Å². The lowest BCUT2D eigenvalue weighted by atomic mass is 9.85. The SMILES string of the molecule is CC1CC=CCC1COCCOc1ccc(C(=O)O)cc1. The number of hydrogen-bond acceptors (Lipinski definition) is 3. The molecule has 4 heteroatoms. The number of carboxylic acid groups (broad SMARTS) is 1. The van der Waals surface area contributed by atoms with Crippen LogP contribution in [0.1, 0.15) is 30.1 Å². The van der Waals surface area contributed by atoms with Gasteiger partial charge in [-0.2, -0.15) is 0 Å². The molecule has 2 atom stereocenters. The Labute approximate surface area is 125 Å². The highest BCUT2D eigenvalue weighted by Crippen LogP contribution is 2.24. The van der Waals surface area contributed by atoms with Crippen molar-refractivity contribution in [1.29, 1.82) is 0 Å². The third kappa shape index (κ3) is 4.90. The molecule has 0 heterocycles. The molecule has 4 nitrogen and oxygen atoms in total. The Hall–Kier alpha value is -1.81. The van der Waals surface area contributed by atoms with Gasteiger partial charge in [-0.05, 0) is 48.9 Å². The van der Waals surface area contributed by atoms with Crippen molar-refractivity contribution < 1.29 is 19.4 Å². The maximum atomic E-state index is 10.7. The van der Waals surface area contributed by atoms with E-state index >= 15 is 0 Å². The largest absolute Gasteiger partial charge is 0.491 e. The number of allylic oxidation sites excluding steroid dienone is 2. The molecule has 114 valence electrons. The van der Waals surface area contributed by atoms with Crippen LogP contribution < -0.4 is 4.74 Å². The molecule has 0 bridgehead atoms. The lowest BCUT2D eigenvalue weighted by Crippen LogP contribution is -2.21. The number of rotatable bonds is 7. The van der Waals surface area contributed by atoms with Gasteiger partial charge in [-0.3, -0.25) is 0 Å². The van der Waals surface area contributed by atoms with Gasteiger partial charge < -0.3 is 14.6 Å². The highest BCUT2D eigenvalue weighted by Gasteiger charge is 2.17. The average Bonchev–Trinajstić information content (AvgIpc) is 2.49. The van der Waals surface area contributed by atoms with Crippen molar-refractivity contribution in [2.24, 2.45) is 11.8 Å². The van der Waals surface area contributed by atoms with Crippen LogP contribution in [0.4, 0.5) is 0 Å². The summed E-state index contributed by atoms with van der Waals surface area (Å²) in [5, 5.41) is 8.80. The Bertz CT molecular complexity index is 478. The molecule has 0 aromatic heterocycles. The monoisotopic (exact) mass is 290 g/mol. The van der Waals surface area contributed by atoms with Crippen molar-refractivity contribution in [2.45, 2.75) is 19.8 Å². The lowest BCUT2D eigenvalue weighted by molar-refractivity contribution is 0.0586. The second-order valence-electron chi connectivity index (χ2n) is 5.43. The second kappa shape index (κ2) is 7.84. The summed E-state index contributed by atoms with van der Waals surface area (Å²) in [6, 6.07) is 6.40. The summed E-state index contributed by atoms with van der Waals surface area (Å²) in [5.41, 5.74) is 0.262. The van der Waals surface area contributed by atoms with E-state index in [1.807, 2.05) is 0 Å². The number of carboxylic acids is 1. The van der Waals surface area contributed by atoms with Crippen molar-refractivity contribution in [3.8, 4) is 5.75 Å². The van der Waals surface area contributed by atoms with E-state index in [1.54, 1.807) is 12.1 Å². The summed E-state index contributed by atoms with van der Waals surface area (Å²) in [7, 11) is 0. The molecule has 2 unspecified atom stereocenters. The summed E-state index contributed by atoms with van der Waals surface area (Å²) in [6.07, 6.45) is 6.71. The Kier molecular flexibility index (Phi) is 5.81. The molecule has 0 saturated carbocycles. The molecule has 1 aromatic rings. The number of aromatic carboxylic acids is 1. The topological polar surface area (TPSA) is 55.8 Å². The van der Waals surface area contributed by atoms with Gasteiger partial charge in [0.05, 0.1) is 18.8 Å². The predicted octanol–water partition coefficient (Wildman–Crippen LogP) is 3.38. The quantitative estimate of drug-likeness (QED) is 0.618. The number of hydrogen-bond donors (Lipinski definition) is 1. The minimum Gasteiger partial charge on any atom is -0.491 e. The summed E-state index contributed by atoms with van der Waals surface area (Å²) in [6.45, 7) is 4.06. The van der Waals surface area contributed by atoms with Crippen molar-refractivity contribution >= 4 is 5.97 Å². The zero-order valence-corrected chi connectivity index (χ0v) is 12.3. The maximum absolute atomic E-state index is 10.7. The van der Waals surface area contributed by atoms with Crippen molar-refractivity contribution in [3.05, 3.63) is 42.0 Å². The van der Waals surface area contributed by atoms with E-state index in [0.29, 0.717) is 30.8 Å². The molecule has 1 aliphatic carbocycles. The van der Waals surface area contributed by atoms with Gasteiger partial charge in [0.25, 0.3) is 0 Å². The Morgan fingerprint density at radius 3 is 2.57 bits per heavy atom. The zero-order valence-electron chi connectivity index (χ0n) is 12.3. The number of carbonyl (C=O) groups is 1. The first-order valence-corrected chi connectivity index (χ1v) is 7.35. The van der Waals surface area contributed by atoms with Crippen LogP contribution in [0.2, 0.25) is 0 Å². The highest BCUT2D eigenvalue weighted by atomic mass is 16.5. The van der Waals surface area contributed by atoms with Crippen LogP contribution in [0.3, 0.4) is 0 Å². The molecular weight excluding hydrogens is 268 g/mol. The minimum atomic E-state index is -0.930. The molecular formula is C17H22O4. The van der Waals surface area contributed by atoms with Gasteiger partial charge in [-0.15, -0.1) is 0 Å².